The molecule has 0 radical (unpaired) electrons. The number of amides is 1. The van der Waals surface area contributed by atoms with Crippen molar-refractivity contribution < 1.29 is 9.32 Å². The van der Waals surface area contributed by atoms with Crippen LogP contribution in [0.4, 0.5) is 0 Å². The predicted molar refractivity (Wildman–Crippen MR) is 91.8 cm³/mol. The van der Waals surface area contributed by atoms with Gasteiger partial charge in [-0.3, -0.25) is 4.79 Å². The van der Waals surface area contributed by atoms with E-state index in [1.807, 2.05) is 44.2 Å². The fraction of sp³-hybridized carbons (Fsp3) is 0.167. The van der Waals surface area contributed by atoms with Crippen LogP contribution in [0, 0.1) is 13.8 Å². The van der Waals surface area contributed by atoms with Gasteiger partial charge in [0.15, 0.2) is 0 Å². The van der Waals surface area contributed by atoms with E-state index in [4.69, 9.17) is 16.1 Å². The van der Waals surface area contributed by atoms with Crippen molar-refractivity contribution >= 4 is 17.5 Å². The molecule has 0 aliphatic carbocycles. The Balaban J connectivity index is 1.68. The molecule has 0 fully saturated rings. The molecule has 0 unspecified atom stereocenters. The van der Waals surface area contributed by atoms with Gasteiger partial charge in [-0.15, -0.1) is 0 Å². The summed E-state index contributed by atoms with van der Waals surface area (Å²) in [6.07, 6.45) is 0. The Morgan fingerprint density at radius 3 is 2.67 bits per heavy atom. The van der Waals surface area contributed by atoms with E-state index in [0.717, 1.165) is 16.7 Å². The lowest BCUT2D eigenvalue weighted by Crippen LogP contribution is -2.23. The molecule has 0 spiro atoms. The number of nitrogens with one attached hydrogen (secondary N) is 1. The lowest BCUT2D eigenvalue weighted by atomic mass is 10.1. The summed E-state index contributed by atoms with van der Waals surface area (Å²) in [4.78, 5) is 16.6. The zero-order valence-corrected chi connectivity index (χ0v) is 14.1. The Morgan fingerprint density at radius 2 is 1.92 bits per heavy atom. The van der Waals surface area contributed by atoms with Gasteiger partial charge >= 0.3 is 0 Å². The summed E-state index contributed by atoms with van der Waals surface area (Å²) in [5.41, 5.74) is 3.40. The molecule has 0 saturated heterocycles. The fourth-order valence-electron chi connectivity index (χ4n) is 2.27. The molecule has 0 bridgehead atoms. The molecule has 24 heavy (non-hydrogen) atoms. The average molecular weight is 342 g/mol. The molecule has 122 valence electrons. The van der Waals surface area contributed by atoms with E-state index in [1.54, 1.807) is 12.1 Å². The van der Waals surface area contributed by atoms with Gasteiger partial charge < -0.3 is 9.84 Å². The number of carbonyl (C=O) groups is 1. The molecule has 6 heteroatoms. The third-order valence-electron chi connectivity index (χ3n) is 3.61. The van der Waals surface area contributed by atoms with Crippen LogP contribution in [0.15, 0.2) is 47.0 Å². The zero-order valence-electron chi connectivity index (χ0n) is 13.3. The van der Waals surface area contributed by atoms with Crippen LogP contribution in [-0.2, 0) is 6.54 Å². The Bertz CT molecular complexity index is 872. The summed E-state index contributed by atoms with van der Waals surface area (Å²) >= 11 is 5.86. The standard InChI is InChI=1S/C18H16ClN3O2/c1-11-3-4-12(2)15(9-11)18(23)20-10-16-21-17(22-24-16)13-5-7-14(19)8-6-13/h3-9H,10H2,1-2H3,(H,20,23). The number of nitrogens with zero attached hydrogens (tertiary/aromatic N) is 2. The van der Waals surface area contributed by atoms with E-state index in [9.17, 15) is 4.79 Å². The largest absolute Gasteiger partial charge is 0.343 e. The van der Waals surface area contributed by atoms with E-state index in [0.29, 0.717) is 22.3 Å². The quantitative estimate of drug-likeness (QED) is 0.780. The van der Waals surface area contributed by atoms with Gasteiger partial charge in [0, 0.05) is 16.1 Å². The number of hydrogen-bond acceptors (Lipinski definition) is 4. The molecular formula is C18H16ClN3O2. The monoisotopic (exact) mass is 341 g/mol. The first-order chi connectivity index (χ1) is 11.5. The summed E-state index contributed by atoms with van der Waals surface area (Å²) in [6, 6.07) is 12.9. The van der Waals surface area contributed by atoms with Gasteiger partial charge in [0.25, 0.3) is 5.91 Å². The van der Waals surface area contributed by atoms with E-state index in [-0.39, 0.29) is 12.5 Å². The second kappa shape index (κ2) is 6.84. The molecule has 0 aliphatic rings. The van der Waals surface area contributed by atoms with Crippen LogP contribution in [0.5, 0.6) is 0 Å². The molecule has 0 saturated carbocycles. The third kappa shape index (κ3) is 3.63. The van der Waals surface area contributed by atoms with E-state index >= 15 is 0 Å². The van der Waals surface area contributed by atoms with Gasteiger partial charge in [0.05, 0.1) is 6.54 Å². The Kier molecular flexibility index (Phi) is 4.62. The molecule has 3 aromatic rings. The Hall–Kier alpha value is -2.66. The van der Waals surface area contributed by atoms with E-state index in [1.165, 1.54) is 0 Å². The molecule has 1 N–H and O–H groups in total. The molecule has 0 atom stereocenters. The maximum Gasteiger partial charge on any atom is 0.251 e. The molecule has 1 heterocycles. The van der Waals surface area contributed by atoms with Crippen LogP contribution in [0.25, 0.3) is 11.4 Å². The molecular weight excluding hydrogens is 326 g/mol. The van der Waals surface area contributed by atoms with Crippen molar-refractivity contribution in [1.29, 1.82) is 0 Å². The highest BCUT2D eigenvalue weighted by atomic mass is 35.5. The van der Waals surface area contributed by atoms with Crippen LogP contribution in [0.2, 0.25) is 5.02 Å². The van der Waals surface area contributed by atoms with Crippen molar-refractivity contribution in [1.82, 2.24) is 15.5 Å². The second-order valence-corrected chi connectivity index (χ2v) is 5.96. The zero-order chi connectivity index (χ0) is 17.1. The summed E-state index contributed by atoms with van der Waals surface area (Å²) < 4.78 is 5.18. The number of rotatable bonds is 4. The van der Waals surface area contributed by atoms with Gasteiger partial charge in [-0.1, -0.05) is 34.5 Å². The van der Waals surface area contributed by atoms with Crippen molar-refractivity contribution in [2.75, 3.05) is 0 Å². The van der Waals surface area contributed by atoms with Crippen molar-refractivity contribution in [3.05, 3.63) is 70.1 Å². The van der Waals surface area contributed by atoms with Crippen LogP contribution in [0.1, 0.15) is 27.4 Å². The maximum atomic E-state index is 12.3. The van der Waals surface area contributed by atoms with Crippen molar-refractivity contribution in [2.24, 2.45) is 0 Å². The third-order valence-corrected chi connectivity index (χ3v) is 3.86. The summed E-state index contributed by atoms with van der Waals surface area (Å²) in [7, 11) is 0. The predicted octanol–water partition coefficient (Wildman–Crippen LogP) is 3.94. The molecule has 0 aliphatic heterocycles. The van der Waals surface area contributed by atoms with Gasteiger partial charge in [0.1, 0.15) is 0 Å². The fourth-order valence-corrected chi connectivity index (χ4v) is 2.40. The van der Waals surface area contributed by atoms with Crippen molar-refractivity contribution in [2.45, 2.75) is 20.4 Å². The number of carbonyl (C=O) groups excluding carboxylic acids is 1. The summed E-state index contributed by atoms with van der Waals surface area (Å²) in [5.74, 6) is 0.642. The van der Waals surface area contributed by atoms with Crippen LogP contribution in [0.3, 0.4) is 0 Å². The Labute approximate surface area is 144 Å². The van der Waals surface area contributed by atoms with Crippen LogP contribution in [-0.4, -0.2) is 16.0 Å². The maximum absolute atomic E-state index is 12.3. The smallest absolute Gasteiger partial charge is 0.251 e. The molecule has 1 aromatic heterocycles. The van der Waals surface area contributed by atoms with Gasteiger partial charge in [-0.2, -0.15) is 4.98 Å². The molecule has 1 amide bonds. The first-order valence-corrected chi connectivity index (χ1v) is 7.85. The highest BCUT2D eigenvalue weighted by Crippen LogP contribution is 2.18. The first kappa shape index (κ1) is 16.2. The number of benzene rings is 2. The number of halogens is 1. The molecule has 5 nitrogen and oxygen atoms in total. The first-order valence-electron chi connectivity index (χ1n) is 7.47. The number of hydrogen-bond donors (Lipinski definition) is 1. The molecule has 2 aromatic carbocycles. The van der Waals surface area contributed by atoms with E-state index < -0.39 is 0 Å². The SMILES string of the molecule is Cc1ccc(C)c(C(=O)NCc2nc(-c3ccc(Cl)cc3)no2)c1. The van der Waals surface area contributed by atoms with Gasteiger partial charge in [0.2, 0.25) is 11.7 Å². The van der Waals surface area contributed by atoms with Gasteiger partial charge in [-0.25, -0.2) is 0 Å². The topological polar surface area (TPSA) is 68.0 Å². The number of aryl methyl sites for hydroxylation is 2. The Morgan fingerprint density at radius 1 is 1.17 bits per heavy atom. The summed E-state index contributed by atoms with van der Waals surface area (Å²) in [5, 5.41) is 7.36. The van der Waals surface area contributed by atoms with Crippen LogP contribution >= 0.6 is 11.6 Å². The lowest BCUT2D eigenvalue weighted by molar-refractivity contribution is 0.0945. The second-order valence-electron chi connectivity index (χ2n) is 5.52. The normalized spacial score (nSPS) is 10.6. The highest BCUT2D eigenvalue weighted by Gasteiger charge is 2.12. The number of aromatic nitrogens is 2. The van der Waals surface area contributed by atoms with Gasteiger partial charge in [-0.05, 0) is 49.7 Å². The van der Waals surface area contributed by atoms with Crippen LogP contribution < -0.4 is 5.32 Å². The van der Waals surface area contributed by atoms with E-state index in [2.05, 4.69) is 15.5 Å². The minimum absolute atomic E-state index is 0.164. The average Bonchev–Trinajstić information content (AvgIpc) is 3.04. The van der Waals surface area contributed by atoms with Crippen molar-refractivity contribution in [3.63, 3.8) is 0 Å². The lowest BCUT2D eigenvalue weighted by Gasteiger charge is -2.06. The highest BCUT2D eigenvalue weighted by molar-refractivity contribution is 6.30. The summed E-state index contributed by atoms with van der Waals surface area (Å²) in [6.45, 7) is 4.03. The van der Waals surface area contributed by atoms with Crippen molar-refractivity contribution in [3.8, 4) is 11.4 Å². The minimum Gasteiger partial charge on any atom is -0.343 e. The minimum atomic E-state index is -0.164. The molecule has 3 rings (SSSR count).